The first-order valence-corrected chi connectivity index (χ1v) is 7.99. The van der Waals surface area contributed by atoms with Gasteiger partial charge in [-0.1, -0.05) is 29.8 Å². The molecule has 0 heterocycles. The molecule has 2 aromatic carbocycles. The predicted molar refractivity (Wildman–Crippen MR) is 82.9 cm³/mol. The van der Waals surface area contributed by atoms with Crippen molar-refractivity contribution in [1.29, 1.82) is 0 Å². The largest absolute Gasteiger partial charge is 0.487 e. The van der Waals surface area contributed by atoms with E-state index in [0.717, 1.165) is 5.56 Å². The van der Waals surface area contributed by atoms with Crippen LogP contribution in [0.25, 0.3) is 0 Å². The van der Waals surface area contributed by atoms with Crippen LogP contribution in [-0.4, -0.2) is 15.5 Å². The highest BCUT2D eigenvalue weighted by atomic mass is 35.5. The first-order chi connectivity index (χ1) is 9.94. The van der Waals surface area contributed by atoms with Crippen molar-refractivity contribution in [1.82, 2.24) is 4.72 Å². The van der Waals surface area contributed by atoms with E-state index in [1.54, 1.807) is 12.1 Å². The van der Waals surface area contributed by atoms with Gasteiger partial charge in [0.1, 0.15) is 17.3 Å². The van der Waals surface area contributed by atoms with Crippen molar-refractivity contribution < 1.29 is 13.2 Å². The molecule has 0 saturated carbocycles. The maximum Gasteiger partial charge on any atom is 0.244 e. The lowest BCUT2D eigenvalue weighted by Gasteiger charge is -2.13. The Hall–Kier alpha value is -1.76. The van der Waals surface area contributed by atoms with E-state index in [2.05, 4.69) is 4.72 Å². The average molecular weight is 327 g/mol. The van der Waals surface area contributed by atoms with Crippen molar-refractivity contribution in [2.75, 3.05) is 12.8 Å². The topological polar surface area (TPSA) is 81.4 Å². The molecule has 0 saturated heterocycles. The molecule has 0 unspecified atom stereocenters. The molecular formula is C14H15ClN2O3S. The minimum atomic E-state index is -3.65. The lowest BCUT2D eigenvalue weighted by Crippen LogP contribution is -2.19. The molecule has 3 N–H and O–H groups in total. The number of anilines is 1. The Labute approximate surface area is 128 Å². The maximum absolute atomic E-state index is 12.0. The number of benzene rings is 2. The lowest BCUT2D eigenvalue weighted by molar-refractivity contribution is 0.298. The SMILES string of the molecule is CNS(=O)(=O)c1cc(N)ccc1OCc1ccccc1Cl. The van der Waals surface area contributed by atoms with Gasteiger partial charge in [-0.2, -0.15) is 0 Å². The molecule has 7 heteroatoms. The molecule has 0 spiro atoms. The molecule has 0 radical (unpaired) electrons. The Morgan fingerprint density at radius 1 is 1.24 bits per heavy atom. The third-order valence-corrected chi connectivity index (χ3v) is 4.67. The van der Waals surface area contributed by atoms with Crippen LogP contribution in [0.1, 0.15) is 5.56 Å². The first-order valence-electron chi connectivity index (χ1n) is 6.13. The summed E-state index contributed by atoms with van der Waals surface area (Å²) >= 11 is 6.04. The second-order valence-electron chi connectivity index (χ2n) is 4.29. The van der Waals surface area contributed by atoms with Crippen molar-refractivity contribution in [3.8, 4) is 5.75 Å². The van der Waals surface area contributed by atoms with Crippen LogP contribution in [-0.2, 0) is 16.6 Å². The van der Waals surface area contributed by atoms with E-state index in [-0.39, 0.29) is 17.3 Å². The lowest BCUT2D eigenvalue weighted by atomic mass is 10.2. The van der Waals surface area contributed by atoms with Gasteiger partial charge in [0.05, 0.1) is 0 Å². The van der Waals surface area contributed by atoms with Gasteiger partial charge in [0.2, 0.25) is 10.0 Å². The number of nitrogen functional groups attached to an aromatic ring is 1. The number of nitrogens with two attached hydrogens (primary N) is 1. The molecule has 112 valence electrons. The first kappa shape index (κ1) is 15.6. The van der Waals surface area contributed by atoms with Crippen molar-refractivity contribution in [3.05, 3.63) is 53.1 Å². The molecular weight excluding hydrogens is 312 g/mol. The number of halogens is 1. The number of rotatable bonds is 5. The fraction of sp³-hybridized carbons (Fsp3) is 0.143. The fourth-order valence-electron chi connectivity index (χ4n) is 1.73. The minimum absolute atomic E-state index is 0.00273. The van der Waals surface area contributed by atoms with Crippen LogP contribution in [0.3, 0.4) is 0 Å². The summed E-state index contributed by atoms with van der Waals surface area (Å²) < 4.78 is 31.8. The zero-order chi connectivity index (χ0) is 15.5. The molecule has 0 aliphatic heterocycles. The van der Waals surface area contributed by atoms with Gasteiger partial charge < -0.3 is 10.5 Å². The maximum atomic E-state index is 12.0. The van der Waals surface area contributed by atoms with Crippen LogP contribution in [0.5, 0.6) is 5.75 Å². The molecule has 0 bridgehead atoms. The van der Waals surface area contributed by atoms with Crippen molar-refractivity contribution >= 4 is 27.3 Å². The smallest absolute Gasteiger partial charge is 0.244 e. The zero-order valence-corrected chi connectivity index (χ0v) is 12.9. The monoisotopic (exact) mass is 326 g/mol. The Balaban J connectivity index is 2.31. The van der Waals surface area contributed by atoms with E-state index in [4.69, 9.17) is 22.1 Å². The van der Waals surface area contributed by atoms with Crippen molar-refractivity contribution in [2.24, 2.45) is 0 Å². The molecule has 2 aromatic rings. The Morgan fingerprint density at radius 2 is 1.95 bits per heavy atom. The van der Waals surface area contributed by atoms with Crippen LogP contribution in [0.4, 0.5) is 5.69 Å². The second kappa shape index (κ2) is 6.34. The van der Waals surface area contributed by atoms with Crippen molar-refractivity contribution in [2.45, 2.75) is 11.5 Å². The minimum Gasteiger partial charge on any atom is -0.487 e. The highest BCUT2D eigenvalue weighted by Gasteiger charge is 2.18. The third-order valence-electron chi connectivity index (χ3n) is 2.87. The van der Waals surface area contributed by atoms with E-state index in [1.807, 2.05) is 18.2 Å². The molecule has 0 aliphatic rings. The highest BCUT2D eigenvalue weighted by Crippen LogP contribution is 2.27. The number of hydrogen-bond donors (Lipinski definition) is 2. The second-order valence-corrected chi connectivity index (χ2v) is 6.56. The zero-order valence-electron chi connectivity index (χ0n) is 11.3. The van der Waals surface area contributed by atoms with Gasteiger partial charge in [-0.25, -0.2) is 13.1 Å². The van der Waals surface area contributed by atoms with Crippen LogP contribution < -0.4 is 15.2 Å². The molecule has 0 aliphatic carbocycles. The van der Waals surface area contributed by atoms with E-state index < -0.39 is 10.0 Å². The van der Waals surface area contributed by atoms with Crippen LogP contribution in [0.15, 0.2) is 47.4 Å². The third kappa shape index (κ3) is 3.66. The summed E-state index contributed by atoms with van der Waals surface area (Å²) in [5.41, 5.74) is 6.75. The molecule has 0 fully saturated rings. The summed E-state index contributed by atoms with van der Waals surface area (Å²) in [6.07, 6.45) is 0. The van der Waals surface area contributed by atoms with E-state index in [1.165, 1.54) is 19.2 Å². The van der Waals surface area contributed by atoms with Crippen LogP contribution in [0.2, 0.25) is 5.02 Å². The van der Waals surface area contributed by atoms with Gasteiger partial charge >= 0.3 is 0 Å². The number of ether oxygens (including phenoxy) is 1. The average Bonchev–Trinajstić information content (AvgIpc) is 2.47. The van der Waals surface area contributed by atoms with Gasteiger partial charge in [0, 0.05) is 16.3 Å². The van der Waals surface area contributed by atoms with Gasteiger partial charge in [-0.3, -0.25) is 0 Å². The fourth-order valence-corrected chi connectivity index (χ4v) is 2.83. The van der Waals surface area contributed by atoms with Gasteiger partial charge in [0.25, 0.3) is 0 Å². The predicted octanol–water partition coefficient (Wildman–Crippen LogP) is 2.41. The van der Waals surface area contributed by atoms with Gasteiger partial charge in [-0.05, 0) is 31.3 Å². The quantitative estimate of drug-likeness (QED) is 0.827. The van der Waals surface area contributed by atoms with Crippen molar-refractivity contribution in [3.63, 3.8) is 0 Å². The Bertz CT molecular complexity index is 748. The normalized spacial score (nSPS) is 11.3. The van der Waals surface area contributed by atoms with E-state index >= 15 is 0 Å². The summed E-state index contributed by atoms with van der Waals surface area (Å²) in [6, 6.07) is 11.7. The number of hydrogen-bond acceptors (Lipinski definition) is 4. The van der Waals surface area contributed by atoms with Crippen LogP contribution in [0, 0.1) is 0 Å². The standard InChI is InChI=1S/C14H15ClN2O3S/c1-17-21(18,19)14-8-11(16)6-7-13(14)20-9-10-4-2-3-5-12(10)15/h2-8,17H,9,16H2,1H3. The Morgan fingerprint density at radius 3 is 2.62 bits per heavy atom. The van der Waals surface area contributed by atoms with Crippen LogP contribution >= 0.6 is 11.6 Å². The molecule has 5 nitrogen and oxygen atoms in total. The molecule has 21 heavy (non-hydrogen) atoms. The molecule has 0 aromatic heterocycles. The summed E-state index contributed by atoms with van der Waals surface area (Å²) in [7, 11) is -2.32. The number of sulfonamides is 1. The van der Waals surface area contributed by atoms with E-state index in [9.17, 15) is 8.42 Å². The Kier molecular flexibility index (Phi) is 4.72. The van der Waals surface area contributed by atoms with E-state index in [0.29, 0.717) is 10.7 Å². The number of nitrogens with one attached hydrogen (secondary N) is 1. The van der Waals surface area contributed by atoms with Gasteiger partial charge in [0.15, 0.2) is 0 Å². The highest BCUT2D eigenvalue weighted by molar-refractivity contribution is 7.89. The molecule has 0 amide bonds. The molecule has 2 rings (SSSR count). The summed E-state index contributed by atoms with van der Waals surface area (Å²) in [6.45, 7) is 0.163. The summed E-state index contributed by atoms with van der Waals surface area (Å²) in [5.74, 6) is 0.221. The molecule has 0 atom stereocenters. The summed E-state index contributed by atoms with van der Waals surface area (Å²) in [5, 5.41) is 0.561. The summed E-state index contributed by atoms with van der Waals surface area (Å²) in [4.78, 5) is -0.00273. The van der Waals surface area contributed by atoms with Gasteiger partial charge in [-0.15, -0.1) is 0 Å².